The first-order chi connectivity index (χ1) is 9.15. The largest absolute Gasteiger partial charge is 0.383 e. The van der Waals surface area contributed by atoms with Crippen LogP contribution in [-0.4, -0.2) is 33.4 Å². The first-order valence-corrected chi connectivity index (χ1v) is 6.50. The van der Waals surface area contributed by atoms with Gasteiger partial charge in [-0.1, -0.05) is 0 Å². The number of benzene rings is 1. The highest BCUT2D eigenvalue weighted by atomic mass is 19.1. The van der Waals surface area contributed by atoms with Crippen molar-refractivity contribution in [3.8, 4) is 0 Å². The molecule has 5 heteroatoms. The van der Waals surface area contributed by atoms with Crippen molar-refractivity contribution >= 4 is 0 Å². The van der Waals surface area contributed by atoms with E-state index in [9.17, 15) is 8.78 Å². The number of ether oxygens (including phenoxy) is 1. The lowest BCUT2D eigenvalue weighted by Gasteiger charge is -2.08. The summed E-state index contributed by atoms with van der Waals surface area (Å²) in [5, 5.41) is 6.37. The highest BCUT2D eigenvalue weighted by Gasteiger charge is 2.06. The van der Waals surface area contributed by atoms with E-state index in [2.05, 4.69) is 10.6 Å². The maximum absolute atomic E-state index is 13.4. The van der Waals surface area contributed by atoms with Gasteiger partial charge in [-0.2, -0.15) is 0 Å². The fourth-order valence-corrected chi connectivity index (χ4v) is 1.71. The van der Waals surface area contributed by atoms with Gasteiger partial charge in [-0.05, 0) is 38.1 Å². The maximum Gasteiger partial charge on any atom is 0.130 e. The molecule has 0 spiro atoms. The van der Waals surface area contributed by atoms with Crippen molar-refractivity contribution in [3.63, 3.8) is 0 Å². The van der Waals surface area contributed by atoms with Gasteiger partial charge in [-0.15, -0.1) is 0 Å². The van der Waals surface area contributed by atoms with E-state index in [1.165, 1.54) is 0 Å². The number of methoxy groups -OCH3 is 1. The summed E-state index contributed by atoms with van der Waals surface area (Å²) in [6.45, 7) is 5.27. The molecule has 0 radical (unpaired) electrons. The number of nitrogens with one attached hydrogen (secondary N) is 2. The Labute approximate surface area is 113 Å². The van der Waals surface area contributed by atoms with E-state index in [0.29, 0.717) is 24.3 Å². The Kier molecular flexibility index (Phi) is 7.55. The smallest absolute Gasteiger partial charge is 0.130 e. The van der Waals surface area contributed by atoms with Gasteiger partial charge in [0.1, 0.15) is 11.6 Å². The zero-order valence-corrected chi connectivity index (χ0v) is 11.6. The third kappa shape index (κ3) is 6.09. The van der Waals surface area contributed by atoms with E-state index < -0.39 is 11.6 Å². The van der Waals surface area contributed by atoms with Gasteiger partial charge in [-0.3, -0.25) is 0 Å². The summed E-state index contributed by atoms with van der Waals surface area (Å²) >= 11 is 0. The third-order valence-corrected chi connectivity index (χ3v) is 2.83. The fraction of sp³-hybridized carbons (Fsp3) is 0.571. The van der Waals surface area contributed by atoms with Crippen LogP contribution in [0.5, 0.6) is 0 Å². The molecule has 3 nitrogen and oxygen atoms in total. The average Bonchev–Trinajstić information content (AvgIpc) is 2.38. The lowest BCUT2D eigenvalue weighted by Crippen LogP contribution is -2.24. The third-order valence-electron chi connectivity index (χ3n) is 2.83. The molecule has 2 N–H and O–H groups in total. The highest BCUT2D eigenvalue weighted by Crippen LogP contribution is 2.13. The molecule has 0 heterocycles. The molecule has 0 fully saturated rings. The zero-order chi connectivity index (χ0) is 14.1. The number of hydrogen-bond donors (Lipinski definition) is 2. The number of halogens is 2. The van der Waals surface area contributed by atoms with Gasteiger partial charge in [0.2, 0.25) is 0 Å². The van der Waals surface area contributed by atoms with Crippen molar-refractivity contribution in [2.24, 2.45) is 0 Å². The van der Waals surface area contributed by atoms with Gasteiger partial charge in [0, 0.05) is 31.8 Å². The molecule has 0 saturated heterocycles. The van der Waals surface area contributed by atoms with Crippen LogP contribution < -0.4 is 10.6 Å². The van der Waals surface area contributed by atoms with Crippen LogP contribution in [0, 0.1) is 18.6 Å². The predicted molar refractivity (Wildman–Crippen MR) is 72.2 cm³/mol. The summed E-state index contributed by atoms with van der Waals surface area (Å²) in [6.07, 6.45) is 0.950. The molecule has 0 atom stereocenters. The van der Waals surface area contributed by atoms with E-state index in [-0.39, 0.29) is 0 Å². The second-order valence-corrected chi connectivity index (χ2v) is 4.47. The first kappa shape index (κ1) is 16.0. The second-order valence-electron chi connectivity index (χ2n) is 4.47. The van der Waals surface area contributed by atoms with Crippen molar-refractivity contribution in [1.29, 1.82) is 0 Å². The molecule has 19 heavy (non-hydrogen) atoms. The van der Waals surface area contributed by atoms with Crippen molar-refractivity contribution in [2.45, 2.75) is 19.9 Å². The lowest BCUT2D eigenvalue weighted by atomic mass is 10.1. The molecule has 0 aromatic heterocycles. The molecule has 0 saturated carbocycles. The summed E-state index contributed by atoms with van der Waals surface area (Å²) in [6, 6.07) is 2.49. The molecule has 1 rings (SSSR count). The molecule has 0 aliphatic carbocycles. The van der Waals surface area contributed by atoms with Gasteiger partial charge in [0.05, 0.1) is 6.61 Å². The Hall–Kier alpha value is -1.04. The first-order valence-electron chi connectivity index (χ1n) is 6.50. The van der Waals surface area contributed by atoms with Gasteiger partial charge >= 0.3 is 0 Å². The van der Waals surface area contributed by atoms with Crippen LogP contribution >= 0.6 is 0 Å². The summed E-state index contributed by atoms with van der Waals surface area (Å²) in [7, 11) is 1.67. The van der Waals surface area contributed by atoms with Crippen LogP contribution in [0.2, 0.25) is 0 Å². The van der Waals surface area contributed by atoms with Crippen LogP contribution in [0.25, 0.3) is 0 Å². The highest BCUT2D eigenvalue weighted by molar-refractivity contribution is 5.25. The summed E-state index contributed by atoms with van der Waals surface area (Å²) in [5.74, 6) is -0.989. The van der Waals surface area contributed by atoms with Crippen molar-refractivity contribution in [3.05, 3.63) is 34.9 Å². The maximum atomic E-state index is 13.4. The SMILES string of the molecule is COCCNCCCNCc1cc(C)c(F)cc1F. The molecule has 0 aliphatic rings. The van der Waals surface area contributed by atoms with E-state index in [1.807, 2.05) is 0 Å². The van der Waals surface area contributed by atoms with Crippen LogP contribution in [0.4, 0.5) is 8.78 Å². The van der Waals surface area contributed by atoms with Gasteiger partial charge < -0.3 is 15.4 Å². The van der Waals surface area contributed by atoms with E-state index in [0.717, 1.165) is 32.1 Å². The minimum absolute atomic E-state index is 0.422. The predicted octanol–water partition coefficient (Wildman–Crippen LogP) is 1.99. The Morgan fingerprint density at radius 3 is 2.53 bits per heavy atom. The molecule has 0 aliphatic heterocycles. The van der Waals surface area contributed by atoms with Crippen LogP contribution in [0.1, 0.15) is 17.5 Å². The molecule has 1 aromatic carbocycles. The van der Waals surface area contributed by atoms with Gasteiger partial charge in [0.15, 0.2) is 0 Å². The number of hydrogen-bond acceptors (Lipinski definition) is 3. The quantitative estimate of drug-likeness (QED) is 0.675. The Bertz CT molecular complexity index is 386. The summed E-state index contributed by atoms with van der Waals surface area (Å²) in [4.78, 5) is 0. The zero-order valence-electron chi connectivity index (χ0n) is 11.6. The normalized spacial score (nSPS) is 10.9. The molecule has 0 amide bonds. The fourth-order valence-electron chi connectivity index (χ4n) is 1.71. The van der Waals surface area contributed by atoms with E-state index in [1.54, 1.807) is 20.1 Å². The van der Waals surface area contributed by atoms with Crippen molar-refractivity contribution in [2.75, 3.05) is 33.4 Å². The van der Waals surface area contributed by atoms with E-state index in [4.69, 9.17) is 4.74 Å². The summed E-state index contributed by atoms with van der Waals surface area (Å²) < 4.78 is 31.4. The van der Waals surface area contributed by atoms with Crippen LogP contribution in [0.15, 0.2) is 12.1 Å². The van der Waals surface area contributed by atoms with Gasteiger partial charge in [-0.25, -0.2) is 8.78 Å². The van der Waals surface area contributed by atoms with E-state index >= 15 is 0 Å². The Morgan fingerprint density at radius 2 is 1.79 bits per heavy atom. The number of aryl methyl sites for hydroxylation is 1. The Morgan fingerprint density at radius 1 is 1.05 bits per heavy atom. The Balaban J connectivity index is 2.17. The minimum Gasteiger partial charge on any atom is -0.383 e. The van der Waals surface area contributed by atoms with Crippen molar-refractivity contribution in [1.82, 2.24) is 10.6 Å². The molecule has 0 bridgehead atoms. The number of rotatable bonds is 9. The molecule has 108 valence electrons. The topological polar surface area (TPSA) is 33.3 Å². The standard InChI is InChI=1S/C14H22F2N2O/c1-11-8-12(14(16)9-13(11)15)10-18-5-3-4-17-6-7-19-2/h8-9,17-18H,3-7,10H2,1-2H3. The van der Waals surface area contributed by atoms with Crippen LogP contribution in [-0.2, 0) is 11.3 Å². The molecule has 0 unspecified atom stereocenters. The van der Waals surface area contributed by atoms with Gasteiger partial charge in [0.25, 0.3) is 0 Å². The molecular formula is C14H22F2N2O. The van der Waals surface area contributed by atoms with Crippen LogP contribution in [0.3, 0.4) is 0 Å². The molecular weight excluding hydrogens is 250 g/mol. The average molecular weight is 272 g/mol. The molecule has 1 aromatic rings. The second kappa shape index (κ2) is 8.96. The minimum atomic E-state index is -0.497. The summed E-state index contributed by atoms with van der Waals surface area (Å²) in [5.41, 5.74) is 0.977. The van der Waals surface area contributed by atoms with Crippen molar-refractivity contribution < 1.29 is 13.5 Å². The monoisotopic (exact) mass is 272 g/mol. The lowest BCUT2D eigenvalue weighted by molar-refractivity contribution is 0.199.